The Labute approximate surface area is 147 Å². The normalized spacial score (nSPS) is 20.6. The Morgan fingerprint density at radius 2 is 1.78 bits per heavy atom. The van der Waals surface area contributed by atoms with Crippen molar-refractivity contribution in [1.29, 1.82) is 0 Å². The largest absolute Gasteiger partial charge is 0.491 e. The Hall–Kier alpha value is -0.620. The first-order valence-electron chi connectivity index (χ1n) is 8.75. The second kappa shape index (κ2) is 9.02. The van der Waals surface area contributed by atoms with Crippen molar-refractivity contribution < 1.29 is 9.47 Å². The number of rotatable bonds is 6. The van der Waals surface area contributed by atoms with Crippen molar-refractivity contribution in [3.05, 3.63) is 28.2 Å². The van der Waals surface area contributed by atoms with Crippen LogP contribution in [0.3, 0.4) is 0 Å². The van der Waals surface area contributed by atoms with Gasteiger partial charge in [-0.15, -0.1) is 0 Å². The van der Waals surface area contributed by atoms with E-state index in [9.17, 15) is 0 Å². The van der Waals surface area contributed by atoms with Crippen molar-refractivity contribution in [3.8, 4) is 5.75 Å². The summed E-state index contributed by atoms with van der Waals surface area (Å²) in [5, 5.41) is 0. The van der Waals surface area contributed by atoms with E-state index in [1.807, 2.05) is 0 Å². The first-order chi connectivity index (χ1) is 11.3. The van der Waals surface area contributed by atoms with E-state index in [1.54, 1.807) is 0 Å². The molecule has 0 bridgehead atoms. The molecule has 0 N–H and O–H groups in total. The van der Waals surface area contributed by atoms with Gasteiger partial charge in [0.2, 0.25) is 0 Å². The molecule has 0 atom stereocenters. The zero-order valence-electron chi connectivity index (χ0n) is 13.8. The Balaban J connectivity index is 1.50. The summed E-state index contributed by atoms with van der Waals surface area (Å²) in [5.74, 6) is 0.966. The fourth-order valence-corrected chi connectivity index (χ4v) is 3.60. The molecule has 0 saturated carbocycles. The maximum Gasteiger partial charge on any atom is 0.133 e. The van der Waals surface area contributed by atoms with Crippen LogP contribution in [0, 0.1) is 0 Å². The van der Waals surface area contributed by atoms with Gasteiger partial charge in [0.25, 0.3) is 0 Å². The second-order valence-electron chi connectivity index (χ2n) is 6.40. The van der Waals surface area contributed by atoms with Crippen molar-refractivity contribution in [1.82, 2.24) is 9.80 Å². The number of nitrogens with zero attached hydrogens (tertiary/aromatic N) is 2. The summed E-state index contributed by atoms with van der Waals surface area (Å²) < 4.78 is 12.5. The molecule has 0 spiro atoms. The van der Waals surface area contributed by atoms with Gasteiger partial charge in [0.05, 0.1) is 17.7 Å². The monoisotopic (exact) mass is 382 g/mol. The van der Waals surface area contributed by atoms with Gasteiger partial charge >= 0.3 is 0 Å². The third kappa shape index (κ3) is 5.45. The lowest BCUT2D eigenvalue weighted by molar-refractivity contribution is 0.0341. The first-order valence-corrected chi connectivity index (χ1v) is 9.54. The highest BCUT2D eigenvalue weighted by Crippen LogP contribution is 2.27. The Morgan fingerprint density at radius 1 is 1.00 bits per heavy atom. The molecule has 0 unspecified atom stereocenters. The predicted molar refractivity (Wildman–Crippen MR) is 96.0 cm³/mol. The minimum Gasteiger partial charge on any atom is -0.491 e. The van der Waals surface area contributed by atoms with Gasteiger partial charge in [0, 0.05) is 26.2 Å². The molecule has 2 aliphatic rings. The van der Waals surface area contributed by atoms with E-state index >= 15 is 0 Å². The molecule has 2 fully saturated rings. The average Bonchev–Trinajstić information content (AvgIpc) is 2.59. The molecule has 0 aliphatic carbocycles. The van der Waals surface area contributed by atoms with Crippen LogP contribution < -0.4 is 4.74 Å². The van der Waals surface area contributed by atoms with Crippen molar-refractivity contribution in [2.75, 3.05) is 52.5 Å². The third-order valence-electron chi connectivity index (χ3n) is 4.62. The van der Waals surface area contributed by atoms with Gasteiger partial charge in [-0.25, -0.2) is 0 Å². The maximum atomic E-state index is 6.04. The number of piperidine rings is 1. The van der Waals surface area contributed by atoms with E-state index in [0.29, 0.717) is 0 Å². The van der Waals surface area contributed by atoms with Gasteiger partial charge in [-0.2, -0.15) is 0 Å². The fraction of sp³-hybridized carbons (Fsp3) is 0.667. The van der Waals surface area contributed by atoms with Crippen LogP contribution in [0.5, 0.6) is 5.75 Å². The molecule has 0 amide bonds. The number of ether oxygens (including phenoxy) is 2. The second-order valence-corrected chi connectivity index (χ2v) is 7.26. The summed E-state index contributed by atoms with van der Waals surface area (Å²) in [6, 6.07) is 6.46. The van der Waals surface area contributed by atoms with Crippen LogP contribution in [0.1, 0.15) is 24.8 Å². The van der Waals surface area contributed by atoms with Crippen LogP contribution in [0.25, 0.3) is 0 Å². The number of hydrogen-bond acceptors (Lipinski definition) is 4. The quantitative estimate of drug-likeness (QED) is 0.754. The number of benzene rings is 1. The first kappa shape index (κ1) is 17.2. The van der Waals surface area contributed by atoms with E-state index in [2.05, 4.69) is 43.9 Å². The van der Waals surface area contributed by atoms with E-state index < -0.39 is 0 Å². The van der Waals surface area contributed by atoms with Crippen molar-refractivity contribution >= 4 is 15.9 Å². The summed E-state index contributed by atoms with van der Waals surface area (Å²) in [5.41, 5.74) is 1.31. The predicted octanol–water partition coefficient (Wildman–Crippen LogP) is 3.15. The molecule has 128 valence electrons. The van der Waals surface area contributed by atoms with E-state index in [4.69, 9.17) is 9.47 Å². The molecule has 1 aromatic rings. The van der Waals surface area contributed by atoms with Gasteiger partial charge in [-0.3, -0.25) is 9.80 Å². The zero-order valence-corrected chi connectivity index (χ0v) is 15.4. The molecule has 4 nitrogen and oxygen atoms in total. The fourth-order valence-electron chi connectivity index (χ4n) is 3.24. The minimum atomic E-state index is 0.763. The number of morpholine rings is 1. The van der Waals surface area contributed by atoms with E-state index in [1.165, 1.54) is 37.9 Å². The van der Waals surface area contributed by atoms with Crippen molar-refractivity contribution in [2.45, 2.75) is 25.8 Å². The lowest BCUT2D eigenvalue weighted by atomic mass is 10.1. The maximum absolute atomic E-state index is 6.04. The number of halogens is 1. The third-order valence-corrected chi connectivity index (χ3v) is 5.27. The van der Waals surface area contributed by atoms with Gasteiger partial charge in [0.1, 0.15) is 12.4 Å². The molecular weight excluding hydrogens is 356 g/mol. The molecule has 2 heterocycles. The average molecular weight is 383 g/mol. The smallest absolute Gasteiger partial charge is 0.133 e. The highest BCUT2D eigenvalue weighted by atomic mass is 79.9. The Bertz CT molecular complexity index is 486. The number of hydrogen-bond donors (Lipinski definition) is 0. The van der Waals surface area contributed by atoms with Crippen LogP contribution >= 0.6 is 15.9 Å². The van der Waals surface area contributed by atoms with Crippen LogP contribution in [0.4, 0.5) is 0 Å². The molecule has 0 radical (unpaired) electrons. The minimum absolute atomic E-state index is 0.763. The van der Waals surface area contributed by atoms with Crippen LogP contribution in [0.15, 0.2) is 22.7 Å². The molecule has 2 aliphatic heterocycles. The Morgan fingerprint density at radius 3 is 2.57 bits per heavy atom. The zero-order chi connectivity index (χ0) is 15.9. The van der Waals surface area contributed by atoms with E-state index in [-0.39, 0.29) is 0 Å². The van der Waals surface area contributed by atoms with Gasteiger partial charge < -0.3 is 9.47 Å². The number of likely N-dealkylation sites (tertiary alicyclic amines) is 1. The highest BCUT2D eigenvalue weighted by Gasteiger charge is 2.13. The SMILES string of the molecule is Brc1ccc(CN2CCOCC2)cc1OCCN1CCCCC1. The topological polar surface area (TPSA) is 24.9 Å². The van der Waals surface area contributed by atoms with Gasteiger partial charge in [-0.1, -0.05) is 12.5 Å². The summed E-state index contributed by atoms with van der Waals surface area (Å²) in [4.78, 5) is 4.94. The van der Waals surface area contributed by atoms with Crippen LogP contribution in [0.2, 0.25) is 0 Å². The molecule has 23 heavy (non-hydrogen) atoms. The van der Waals surface area contributed by atoms with Crippen molar-refractivity contribution in [3.63, 3.8) is 0 Å². The highest BCUT2D eigenvalue weighted by molar-refractivity contribution is 9.10. The molecule has 0 aromatic heterocycles. The standard InChI is InChI=1S/C18H27BrN2O2/c19-17-5-4-16(15-21-8-11-22-12-9-21)14-18(17)23-13-10-20-6-2-1-3-7-20/h4-5,14H,1-3,6-13,15H2. The van der Waals surface area contributed by atoms with Crippen LogP contribution in [-0.4, -0.2) is 62.3 Å². The molecular formula is C18H27BrN2O2. The summed E-state index contributed by atoms with van der Waals surface area (Å²) >= 11 is 3.61. The molecule has 5 heteroatoms. The lowest BCUT2D eigenvalue weighted by Gasteiger charge is -2.27. The summed E-state index contributed by atoms with van der Waals surface area (Å²) in [6.07, 6.45) is 4.05. The van der Waals surface area contributed by atoms with Gasteiger partial charge in [0.15, 0.2) is 0 Å². The molecule has 2 saturated heterocycles. The summed E-state index contributed by atoms with van der Waals surface area (Å²) in [6.45, 7) is 8.93. The molecule has 1 aromatic carbocycles. The summed E-state index contributed by atoms with van der Waals surface area (Å²) in [7, 11) is 0. The molecule has 3 rings (SSSR count). The van der Waals surface area contributed by atoms with Crippen LogP contribution in [-0.2, 0) is 11.3 Å². The van der Waals surface area contributed by atoms with E-state index in [0.717, 1.165) is 56.2 Å². The van der Waals surface area contributed by atoms with Crippen molar-refractivity contribution in [2.24, 2.45) is 0 Å². The van der Waals surface area contributed by atoms with Gasteiger partial charge in [-0.05, 0) is 59.6 Å². The Kier molecular flexibility index (Phi) is 6.75. The lowest BCUT2D eigenvalue weighted by Crippen LogP contribution is -2.35.